The Balaban J connectivity index is 1.42. The monoisotopic (exact) mass is 438 g/mol. The Labute approximate surface area is 190 Å². The standard InChI is InChI=1S/C27H22N2O4/c1-17(18-9-11-20(12-10-18)27(31)32)28-26(30)23-7-4-6-19-13-14-29(25(19)23)16-22-15-21-5-2-3-8-24(21)33-22/h2-15,17H,16H2,1H3,(H,28,30)(H,31,32)/t17-/m0/s1. The number of hydrogen-bond donors (Lipinski definition) is 2. The third-order valence-corrected chi connectivity index (χ3v) is 5.84. The molecule has 0 aliphatic carbocycles. The van der Waals surface area contributed by atoms with Crippen molar-refractivity contribution >= 4 is 33.7 Å². The number of hydrogen-bond acceptors (Lipinski definition) is 3. The van der Waals surface area contributed by atoms with E-state index in [0.717, 1.165) is 33.2 Å². The number of fused-ring (bicyclic) bond motifs is 2. The van der Waals surface area contributed by atoms with Gasteiger partial charge in [0, 0.05) is 17.0 Å². The van der Waals surface area contributed by atoms with Gasteiger partial charge in [-0.25, -0.2) is 4.79 Å². The molecule has 3 aromatic carbocycles. The molecule has 0 unspecified atom stereocenters. The molecule has 5 aromatic rings. The Hall–Kier alpha value is -4.32. The molecule has 2 N–H and O–H groups in total. The van der Waals surface area contributed by atoms with Crippen molar-refractivity contribution in [3.05, 3.63) is 108 Å². The van der Waals surface area contributed by atoms with Gasteiger partial charge in [0.2, 0.25) is 0 Å². The summed E-state index contributed by atoms with van der Waals surface area (Å²) >= 11 is 0. The lowest BCUT2D eigenvalue weighted by molar-refractivity contribution is 0.0696. The number of nitrogens with zero attached hydrogens (tertiary/aromatic N) is 1. The highest BCUT2D eigenvalue weighted by molar-refractivity contribution is 6.06. The maximum atomic E-state index is 13.2. The van der Waals surface area contributed by atoms with Gasteiger partial charge in [-0.15, -0.1) is 0 Å². The van der Waals surface area contributed by atoms with Crippen LogP contribution >= 0.6 is 0 Å². The Bertz CT molecular complexity index is 1440. The molecule has 0 saturated carbocycles. The van der Waals surface area contributed by atoms with Crippen LogP contribution in [0.5, 0.6) is 0 Å². The van der Waals surface area contributed by atoms with Crippen molar-refractivity contribution in [3.8, 4) is 0 Å². The SMILES string of the molecule is C[C@H](NC(=O)c1cccc2ccn(Cc3cc4ccccc4o3)c12)c1ccc(C(=O)O)cc1. The highest BCUT2D eigenvalue weighted by Crippen LogP contribution is 2.25. The van der Waals surface area contributed by atoms with E-state index in [1.807, 2.05) is 72.3 Å². The number of furan rings is 1. The molecular formula is C27H22N2O4. The number of carbonyl (C=O) groups is 2. The number of aromatic carboxylic acids is 1. The van der Waals surface area contributed by atoms with Crippen molar-refractivity contribution in [2.24, 2.45) is 0 Å². The van der Waals surface area contributed by atoms with Crippen LogP contribution in [0.3, 0.4) is 0 Å². The van der Waals surface area contributed by atoms with Gasteiger partial charge in [0.05, 0.1) is 29.2 Å². The molecule has 1 atom stereocenters. The molecule has 0 radical (unpaired) electrons. The maximum Gasteiger partial charge on any atom is 0.335 e. The second kappa shape index (κ2) is 8.31. The number of nitrogens with one attached hydrogen (secondary N) is 1. The van der Waals surface area contributed by atoms with E-state index in [-0.39, 0.29) is 17.5 Å². The summed E-state index contributed by atoms with van der Waals surface area (Å²) < 4.78 is 8.00. The van der Waals surface area contributed by atoms with Crippen molar-refractivity contribution in [2.45, 2.75) is 19.5 Å². The normalized spacial score (nSPS) is 12.2. The zero-order valence-corrected chi connectivity index (χ0v) is 18.0. The van der Waals surface area contributed by atoms with Gasteiger partial charge < -0.3 is 19.4 Å². The largest absolute Gasteiger partial charge is 0.478 e. The summed E-state index contributed by atoms with van der Waals surface area (Å²) in [5.41, 5.74) is 3.29. The second-order valence-corrected chi connectivity index (χ2v) is 8.06. The summed E-state index contributed by atoms with van der Waals surface area (Å²) in [7, 11) is 0. The lowest BCUT2D eigenvalue weighted by Crippen LogP contribution is -2.27. The summed E-state index contributed by atoms with van der Waals surface area (Å²) in [4.78, 5) is 24.3. The van der Waals surface area contributed by atoms with Crippen LogP contribution in [0.25, 0.3) is 21.9 Å². The lowest BCUT2D eigenvalue weighted by atomic mass is 10.0. The Kier molecular flexibility index (Phi) is 5.18. The van der Waals surface area contributed by atoms with Gasteiger partial charge in [-0.1, -0.05) is 42.5 Å². The first-order chi connectivity index (χ1) is 16.0. The average Bonchev–Trinajstić information content (AvgIpc) is 3.42. The van der Waals surface area contributed by atoms with E-state index in [1.54, 1.807) is 24.3 Å². The number of benzene rings is 3. The Morgan fingerprint density at radius 1 is 0.970 bits per heavy atom. The zero-order chi connectivity index (χ0) is 22.9. The molecule has 0 spiro atoms. The van der Waals surface area contributed by atoms with E-state index in [4.69, 9.17) is 9.52 Å². The van der Waals surface area contributed by atoms with Gasteiger partial charge >= 0.3 is 5.97 Å². The molecule has 6 nitrogen and oxygen atoms in total. The summed E-state index contributed by atoms with van der Waals surface area (Å²) in [6, 6.07) is 23.8. The number of carboxylic acids is 1. The van der Waals surface area contributed by atoms with Gasteiger partial charge in [-0.05, 0) is 48.9 Å². The van der Waals surface area contributed by atoms with Gasteiger partial charge in [0.15, 0.2) is 0 Å². The number of amides is 1. The number of para-hydroxylation sites is 2. The average molecular weight is 438 g/mol. The minimum absolute atomic E-state index is 0.194. The van der Waals surface area contributed by atoms with Crippen LogP contribution < -0.4 is 5.32 Å². The second-order valence-electron chi connectivity index (χ2n) is 8.06. The third-order valence-electron chi connectivity index (χ3n) is 5.84. The third kappa shape index (κ3) is 3.99. The summed E-state index contributed by atoms with van der Waals surface area (Å²) in [6.07, 6.45) is 1.96. The van der Waals surface area contributed by atoms with Crippen LogP contribution in [0.15, 0.2) is 89.5 Å². The Morgan fingerprint density at radius 3 is 2.48 bits per heavy atom. The van der Waals surface area contributed by atoms with Crippen molar-refractivity contribution in [1.29, 1.82) is 0 Å². The molecule has 6 heteroatoms. The number of aromatic nitrogens is 1. The molecular weight excluding hydrogens is 416 g/mol. The van der Waals surface area contributed by atoms with Gasteiger partial charge in [0.1, 0.15) is 11.3 Å². The molecule has 0 aliphatic rings. The van der Waals surface area contributed by atoms with E-state index in [0.29, 0.717) is 12.1 Å². The summed E-state index contributed by atoms with van der Waals surface area (Å²) in [5.74, 6) is -0.356. The van der Waals surface area contributed by atoms with E-state index in [9.17, 15) is 9.59 Å². The van der Waals surface area contributed by atoms with Crippen LogP contribution in [-0.2, 0) is 6.54 Å². The van der Waals surface area contributed by atoms with Crippen LogP contribution in [0, 0.1) is 0 Å². The lowest BCUT2D eigenvalue weighted by Gasteiger charge is -2.16. The number of carbonyl (C=O) groups excluding carboxylic acids is 1. The fourth-order valence-corrected chi connectivity index (χ4v) is 4.13. The van der Waals surface area contributed by atoms with Gasteiger partial charge in [-0.2, -0.15) is 0 Å². The highest BCUT2D eigenvalue weighted by Gasteiger charge is 2.17. The predicted molar refractivity (Wildman–Crippen MR) is 127 cm³/mol. The summed E-state index contributed by atoms with van der Waals surface area (Å²) in [6.45, 7) is 2.38. The first kappa shape index (κ1) is 20.6. The summed E-state index contributed by atoms with van der Waals surface area (Å²) in [5, 5.41) is 14.1. The van der Waals surface area contributed by atoms with Crippen molar-refractivity contribution in [3.63, 3.8) is 0 Å². The quantitative estimate of drug-likeness (QED) is 0.360. The van der Waals surface area contributed by atoms with Crippen molar-refractivity contribution in [2.75, 3.05) is 0 Å². The minimum atomic E-state index is -0.977. The predicted octanol–water partition coefficient (Wildman–Crippen LogP) is 5.63. The molecule has 2 aromatic heterocycles. The van der Waals surface area contributed by atoms with E-state index >= 15 is 0 Å². The molecule has 0 saturated heterocycles. The van der Waals surface area contributed by atoms with Gasteiger partial charge in [-0.3, -0.25) is 4.79 Å². The molecule has 0 aliphatic heterocycles. The topological polar surface area (TPSA) is 84.5 Å². The zero-order valence-electron chi connectivity index (χ0n) is 18.0. The number of carboxylic acid groups (broad SMARTS) is 1. The van der Waals surface area contributed by atoms with Crippen LogP contribution in [0.2, 0.25) is 0 Å². The number of rotatable bonds is 6. The smallest absolute Gasteiger partial charge is 0.335 e. The van der Waals surface area contributed by atoms with Gasteiger partial charge in [0.25, 0.3) is 5.91 Å². The maximum absolute atomic E-state index is 13.2. The molecule has 1 amide bonds. The minimum Gasteiger partial charge on any atom is -0.478 e. The van der Waals surface area contributed by atoms with E-state index in [2.05, 4.69) is 5.32 Å². The Morgan fingerprint density at radius 2 is 1.73 bits per heavy atom. The van der Waals surface area contributed by atoms with Crippen LogP contribution in [0.4, 0.5) is 0 Å². The first-order valence-electron chi connectivity index (χ1n) is 10.7. The first-order valence-corrected chi connectivity index (χ1v) is 10.7. The fourth-order valence-electron chi connectivity index (χ4n) is 4.13. The van der Waals surface area contributed by atoms with Crippen molar-refractivity contribution in [1.82, 2.24) is 9.88 Å². The highest BCUT2D eigenvalue weighted by atomic mass is 16.4. The molecule has 2 heterocycles. The van der Waals surface area contributed by atoms with Crippen molar-refractivity contribution < 1.29 is 19.1 Å². The fraction of sp³-hybridized carbons (Fsp3) is 0.111. The van der Waals surface area contributed by atoms with Crippen LogP contribution in [-0.4, -0.2) is 21.6 Å². The van der Waals surface area contributed by atoms with Crippen LogP contribution in [0.1, 0.15) is 45.0 Å². The molecule has 33 heavy (non-hydrogen) atoms. The van der Waals surface area contributed by atoms with E-state index in [1.165, 1.54) is 0 Å². The molecule has 5 rings (SSSR count). The van der Waals surface area contributed by atoms with E-state index < -0.39 is 5.97 Å². The molecule has 0 bridgehead atoms. The molecule has 164 valence electrons. The molecule has 0 fully saturated rings.